The number of hydrogen-bond donors (Lipinski definition) is 0. The Hall–Kier alpha value is -2.41. The van der Waals surface area contributed by atoms with Crippen molar-refractivity contribution < 1.29 is 39.8 Å². The summed E-state index contributed by atoms with van der Waals surface area (Å²) in [6.07, 6.45) is -4.65. The molecule has 0 N–H and O–H groups in total. The molecule has 2 aromatic carbocycles. The SMILES string of the molecule is CCN1C(=C(F)c2sc3ccc(Cl)cc3[n+]2CCCS(=O)(=O)[O-])Oc2ccc(C(F)(F)F)cc21. The second-order valence-corrected chi connectivity index (χ2v) is 10.4. The molecule has 0 spiro atoms. The lowest BCUT2D eigenvalue weighted by Crippen LogP contribution is -2.37. The van der Waals surface area contributed by atoms with E-state index in [1.807, 2.05) is 0 Å². The second-order valence-electron chi connectivity index (χ2n) is 7.43. The van der Waals surface area contributed by atoms with Crippen LogP contribution in [0.3, 0.4) is 0 Å². The van der Waals surface area contributed by atoms with Crippen LogP contribution < -0.4 is 14.2 Å². The lowest BCUT2D eigenvalue weighted by atomic mass is 10.1. The van der Waals surface area contributed by atoms with Crippen LogP contribution in [-0.4, -0.2) is 25.3 Å². The van der Waals surface area contributed by atoms with Gasteiger partial charge < -0.3 is 14.2 Å². The van der Waals surface area contributed by atoms with Gasteiger partial charge in [-0.2, -0.15) is 22.1 Å². The standard InChI is InChI=1S/C21H17ClF4N2O4S2/c1-2-27-14-10-12(21(24,25)26)4-6-16(14)32-19(27)18(23)20-28(8-3-9-34(29,30)31)15-11-13(22)5-7-17(15)33-20/h4-7,10-11H,2-3,8-9H2,1H3. The first-order valence-corrected chi connectivity index (χ1v) is 12.8. The zero-order valence-electron chi connectivity index (χ0n) is 17.5. The van der Waals surface area contributed by atoms with Gasteiger partial charge in [-0.25, -0.2) is 8.42 Å². The Morgan fingerprint density at radius 2 is 1.97 bits per heavy atom. The van der Waals surface area contributed by atoms with Crippen LogP contribution in [0.4, 0.5) is 23.2 Å². The highest BCUT2D eigenvalue weighted by molar-refractivity contribution is 7.85. The van der Waals surface area contributed by atoms with Gasteiger partial charge in [-0.05, 0) is 37.3 Å². The molecule has 0 fully saturated rings. The molecular weight excluding hydrogens is 520 g/mol. The van der Waals surface area contributed by atoms with Gasteiger partial charge in [0.05, 0.1) is 21.4 Å². The van der Waals surface area contributed by atoms with Crippen LogP contribution in [0.1, 0.15) is 23.9 Å². The van der Waals surface area contributed by atoms with E-state index in [1.165, 1.54) is 9.47 Å². The molecule has 1 aliphatic rings. The normalized spacial score (nSPS) is 15.6. The maximum Gasteiger partial charge on any atom is 0.416 e. The molecule has 4 rings (SSSR count). The third kappa shape index (κ3) is 4.85. The first-order valence-electron chi connectivity index (χ1n) is 10.0. The number of thiazole rings is 1. The van der Waals surface area contributed by atoms with E-state index in [9.17, 15) is 26.1 Å². The van der Waals surface area contributed by atoms with Crippen LogP contribution in [0, 0.1) is 0 Å². The van der Waals surface area contributed by atoms with E-state index in [0.717, 1.165) is 29.5 Å². The van der Waals surface area contributed by atoms with Crippen molar-refractivity contribution in [1.82, 2.24) is 0 Å². The van der Waals surface area contributed by atoms with E-state index in [0.29, 0.717) is 15.2 Å². The number of rotatable bonds is 6. The minimum atomic E-state index is -4.57. The molecule has 3 aromatic rings. The fourth-order valence-electron chi connectivity index (χ4n) is 3.67. The Morgan fingerprint density at radius 1 is 1.24 bits per heavy atom. The number of hydrogen-bond acceptors (Lipinski definition) is 6. The Balaban J connectivity index is 1.81. The molecule has 0 amide bonds. The van der Waals surface area contributed by atoms with Gasteiger partial charge >= 0.3 is 11.2 Å². The summed E-state index contributed by atoms with van der Waals surface area (Å²) in [7, 11) is -4.47. The van der Waals surface area contributed by atoms with Gasteiger partial charge in [-0.3, -0.25) is 0 Å². The third-order valence-corrected chi connectivity index (χ3v) is 7.34. The highest BCUT2D eigenvalue weighted by atomic mass is 35.5. The summed E-state index contributed by atoms with van der Waals surface area (Å²) in [5.74, 6) is -1.68. The van der Waals surface area contributed by atoms with Gasteiger partial charge in [-0.15, -0.1) is 0 Å². The summed E-state index contributed by atoms with van der Waals surface area (Å²) in [4.78, 5) is 1.30. The minimum absolute atomic E-state index is 0.00482. The average molecular weight is 537 g/mol. The maximum absolute atomic E-state index is 15.9. The number of aromatic nitrogens is 1. The van der Waals surface area contributed by atoms with Crippen LogP contribution in [0.5, 0.6) is 5.75 Å². The number of anilines is 1. The molecule has 1 aromatic heterocycles. The van der Waals surface area contributed by atoms with Crippen LogP contribution in [-0.2, 0) is 22.8 Å². The number of benzene rings is 2. The fourth-order valence-corrected chi connectivity index (χ4v) is 5.41. The lowest BCUT2D eigenvalue weighted by molar-refractivity contribution is -0.669. The summed E-state index contributed by atoms with van der Waals surface area (Å²) in [5, 5.41) is 0.423. The smallest absolute Gasteiger partial charge is 0.416 e. The summed E-state index contributed by atoms with van der Waals surface area (Å²) in [6.45, 7) is 1.77. The number of aryl methyl sites for hydroxylation is 1. The first kappa shape index (κ1) is 24.7. The predicted octanol–water partition coefficient (Wildman–Crippen LogP) is 5.31. The van der Waals surface area contributed by atoms with Crippen molar-refractivity contribution in [2.45, 2.75) is 26.1 Å². The summed E-state index contributed by atoms with van der Waals surface area (Å²) in [5.41, 5.74) is -0.291. The zero-order valence-corrected chi connectivity index (χ0v) is 19.9. The van der Waals surface area contributed by atoms with E-state index in [4.69, 9.17) is 16.3 Å². The molecule has 13 heteroatoms. The molecule has 182 valence electrons. The van der Waals surface area contributed by atoms with Gasteiger partial charge in [-0.1, -0.05) is 22.9 Å². The van der Waals surface area contributed by atoms with Crippen molar-refractivity contribution in [2.75, 3.05) is 17.2 Å². The Labute approximate surface area is 201 Å². The van der Waals surface area contributed by atoms with E-state index < -0.39 is 33.4 Å². The topological polar surface area (TPSA) is 73.6 Å². The maximum atomic E-state index is 15.9. The highest BCUT2D eigenvalue weighted by Crippen LogP contribution is 2.45. The van der Waals surface area contributed by atoms with Gasteiger partial charge in [0.25, 0.3) is 5.83 Å². The van der Waals surface area contributed by atoms with Crippen molar-refractivity contribution in [2.24, 2.45) is 0 Å². The van der Waals surface area contributed by atoms with E-state index >= 15 is 4.39 Å². The van der Waals surface area contributed by atoms with Crippen LogP contribution >= 0.6 is 22.9 Å². The van der Waals surface area contributed by atoms with Gasteiger partial charge in [0.15, 0.2) is 12.3 Å². The average Bonchev–Trinajstić information content (AvgIpc) is 3.29. The molecule has 0 atom stereocenters. The zero-order chi connectivity index (χ0) is 24.8. The first-order chi connectivity index (χ1) is 15.9. The number of halogens is 5. The van der Waals surface area contributed by atoms with Crippen molar-refractivity contribution in [1.29, 1.82) is 0 Å². The lowest BCUT2D eigenvalue weighted by Gasteiger charge is -2.16. The van der Waals surface area contributed by atoms with Crippen molar-refractivity contribution in [3.63, 3.8) is 0 Å². The Morgan fingerprint density at radius 3 is 2.62 bits per heavy atom. The van der Waals surface area contributed by atoms with Crippen LogP contribution in [0.2, 0.25) is 5.02 Å². The summed E-state index contributed by atoms with van der Waals surface area (Å²) < 4.78 is 96.3. The van der Waals surface area contributed by atoms with Crippen molar-refractivity contribution >= 4 is 54.8 Å². The monoisotopic (exact) mass is 536 g/mol. The summed E-state index contributed by atoms with van der Waals surface area (Å²) in [6, 6.07) is 7.76. The Bertz CT molecular complexity index is 1400. The van der Waals surface area contributed by atoms with Gasteiger partial charge in [0.2, 0.25) is 11.4 Å². The molecule has 6 nitrogen and oxygen atoms in total. The quantitative estimate of drug-likeness (QED) is 0.242. The summed E-state index contributed by atoms with van der Waals surface area (Å²) >= 11 is 7.13. The fraction of sp³-hybridized carbons (Fsp3) is 0.286. The highest BCUT2D eigenvalue weighted by Gasteiger charge is 2.38. The largest absolute Gasteiger partial charge is 0.748 e. The molecule has 0 unspecified atom stereocenters. The third-order valence-electron chi connectivity index (χ3n) is 5.16. The molecule has 0 saturated carbocycles. The Kier molecular flexibility index (Phi) is 6.53. The van der Waals surface area contributed by atoms with Crippen LogP contribution in [0.15, 0.2) is 42.3 Å². The number of fused-ring (bicyclic) bond motifs is 2. The van der Waals surface area contributed by atoms with Crippen molar-refractivity contribution in [3.05, 3.63) is 57.9 Å². The number of alkyl halides is 3. The molecule has 34 heavy (non-hydrogen) atoms. The van der Waals surface area contributed by atoms with E-state index in [2.05, 4.69) is 0 Å². The van der Waals surface area contributed by atoms with Gasteiger partial charge in [0.1, 0.15) is 4.70 Å². The molecule has 0 aliphatic carbocycles. The van der Waals surface area contributed by atoms with E-state index in [-0.39, 0.29) is 41.8 Å². The molecule has 0 saturated heterocycles. The predicted molar refractivity (Wildman–Crippen MR) is 119 cm³/mol. The van der Waals surface area contributed by atoms with Crippen LogP contribution in [0.25, 0.3) is 16.0 Å². The number of nitrogens with zero attached hydrogens (tertiary/aromatic N) is 2. The molecule has 0 radical (unpaired) electrons. The molecular formula is C21H17ClF4N2O4S2. The minimum Gasteiger partial charge on any atom is -0.748 e. The molecule has 2 heterocycles. The second kappa shape index (κ2) is 8.99. The van der Waals surface area contributed by atoms with Gasteiger partial charge in [0, 0.05) is 29.8 Å². The molecule has 0 bridgehead atoms. The molecule has 1 aliphatic heterocycles. The van der Waals surface area contributed by atoms with Crippen molar-refractivity contribution in [3.8, 4) is 5.75 Å². The van der Waals surface area contributed by atoms with E-state index in [1.54, 1.807) is 25.1 Å². The number of ether oxygens (including phenoxy) is 1.